The third kappa shape index (κ3) is 5.19. The number of carbonyl (C=O) groups excluding carboxylic acids is 1. The molecule has 4 nitrogen and oxygen atoms in total. The van der Waals surface area contributed by atoms with Crippen LogP contribution < -0.4 is 4.90 Å². The van der Waals surface area contributed by atoms with Crippen molar-refractivity contribution in [1.29, 1.82) is 0 Å². The lowest BCUT2D eigenvalue weighted by Gasteiger charge is -2.25. The smallest absolute Gasteiger partial charge is 0.261 e. The fraction of sp³-hybridized carbons (Fsp3) is 0.300. The van der Waals surface area contributed by atoms with Gasteiger partial charge in [-0.05, 0) is 59.9 Å². The summed E-state index contributed by atoms with van der Waals surface area (Å²) in [6.07, 6.45) is 0. The fourth-order valence-corrected chi connectivity index (χ4v) is 4.43. The molecule has 0 fully saturated rings. The molecule has 0 aliphatic heterocycles. The summed E-state index contributed by atoms with van der Waals surface area (Å²) in [6.45, 7) is 7.70. The number of rotatable bonds is 7. The van der Waals surface area contributed by atoms with Crippen molar-refractivity contribution < 1.29 is 4.79 Å². The summed E-state index contributed by atoms with van der Waals surface area (Å²) >= 11 is 3.80. The molecule has 0 aliphatic carbocycles. The molecule has 0 atom stereocenters. The summed E-state index contributed by atoms with van der Waals surface area (Å²) in [5.74, 6) is 0.0150. The van der Waals surface area contributed by atoms with E-state index in [0.717, 1.165) is 44.1 Å². The second-order valence-corrected chi connectivity index (χ2v) is 8.10. The summed E-state index contributed by atoms with van der Waals surface area (Å²) < 4.78 is 2.06. The molecule has 1 aromatic heterocycles. The van der Waals surface area contributed by atoms with Gasteiger partial charge in [-0.25, -0.2) is 4.98 Å². The molecular formula is C20H23ClIN3OS. The van der Waals surface area contributed by atoms with Crippen LogP contribution in [0.1, 0.15) is 24.2 Å². The Balaban J connectivity index is 0.00000261. The Morgan fingerprint density at radius 3 is 2.37 bits per heavy atom. The maximum atomic E-state index is 13.3. The van der Waals surface area contributed by atoms with Gasteiger partial charge in [-0.15, -0.1) is 12.4 Å². The molecule has 3 rings (SSSR count). The standard InChI is InChI=1S/C20H22IN3OS.ClH/c1-3-23(4-2)13-14-24(19(25)15-9-5-6-10-16(15)21)20-22-17-11-7-8-12-18(17)26-20;/h5-12H,3-4,13-14H2,1-2H3;1H. The molecule has 0 bridgehead atoms. The number of para-hydroxylation sites is 1. The van der Waals surface area contributed by atoms with Crippen LogP contribution in [-0.2, 0) is 0 Å². The number of anilines is 1. The van der Waals surface area contributed by atoms with Crippen LogP contribution in [0.25, 0.3) is 10.2 Å². The lowest BCUT2D eigenvalue weighted by atomic mass is 10.2. The zero-order chi connectivity index (χ0) is 18.5. The predicted octanol–water partition coefficient (Wildman–Crippen LogP) is 5.31. The van der Waals surface area contributed by atoms with Gasteiger partial charge in [0.15, 0.2) is 5.13 Å². The number of hydrogen-bond donors (Lipinski definition) is 0. The molecule has 27 heavy (non-hydrogen) atoms. The Hall–Kier alpha value is -1.22. The van der Waals surface area contributed by atoms with E-state index in [2.05, 4.69) is 47.4 Å². The number of halogens is 2. The second kappa shape index (κ2) is 10.4. The molecule has 0 aliphatic rings. The van der Waals surface area contributed by atoms with Crippen LogP contribution in [0, 0.1) is 3.57 Å². The SMILES string of the molecule is CCN(CC)CCN(C(=O)c1ccccc1I)c1nc2ccccc2s1.Cl. The van der Waals surface area contributed by atoms with E-state index in [1.165, 1.54) is 0 Å². The van der Waals surface area contributed by atoms with Crippen molar-refractivity contribution in [3.05, 3.63) is 57.7 Å². The topological polar surface area (TPSA) is 36.4 Å². The van der Waals surface area contributed by atoms with Crippen LogP contribution in [0.5, 0.6) is 0 Å². The monoisotopic (exact) mass is 515 g/mol. The summed E-state index contributed by atoms with van der Waals surface area (Å²) in [5, 5.41) is 0.767. The lowest BCUT2D eigenvalue weighted by molar-refractivity contribution is 0.0983. The van der Waals surface area contributed by atoms with E-state index in [-0.39, 0.29) is 18.3 Å². The Bertz CT molecular complexity index is 865. The largest absolute Gasteiger partial charge is 0.302 e. The first kappa shape index (κ1) is 22.1. The second-order valence-electron chi connectivity index (χ2n) is 5.93. The van der Waals surface area contributed by atoms with E-state index in [0.29, 0.717) is 6.54 Å². The Morgan fingerprint density at radius 2 is 1.70 bits per heavy atom. The molecule has 3 aromatic rings. The molecule has 0 saturated carbocycles. The third-order valence-electron chi connectivity index (χ3n) is 4.40. The van der Waals surface area contributed by atoms with E-state index in [4.69, 9.17) is 4.98 Å². The van der Waals surface area contributed by atoms with E-state index in [1.807, 2.05) is 47.4 Å². The zero-order valence-corrected chi connectivity index (χ0v) is 19.2. The van der Waals surface area contributed by atoms with E-state index >= 15 is 0 Å². The zero-order valence-electron chi connectivity index (χ0n) is 15.4. The molecule has 7 heteroatoms. The van der Waals surface area contributed by atoms with Gasteiger partial charge in [-0.2, -0.15) is 0 Å². The van der Waals surface area contributed by atoms with Crippen LogP contribution in [0.4, 0.5) is 5.13 Å². The molecular weight excluding hydrogens is 493 g/mol. The highest BCUT2D eigenvalue weighted by atomic mass is 127. The van der Waals surface area contributed by atoms with Crippen molar-refractivity contribution in [3.63, 3.8) is 0 Å². The minimum absolute atomic E-state index is 0. The molecule has 0 unspecified atom stereocenters. The number of amides is 1. The number of thiazole rings is 1. The molecule has 1 heterocycles. The highest BCUT2D eigenvalue weighted by Gasteiger charge is 2.23. The quantitative estimate of drug-likeness (QED) is 0.400. The van der Waals surface area contributed by atoms with E-state index < -0.39 is 0 Å². The minimum Gasteiger partial charge on any atom is -0.302 e. The van der Waals surface area contributed by atoms with Crippen molar-refractivity contribution >= 4 is 67.6 Å². The van der Waals surface area contributed by atoms with E-state index in [1.54, 1.807) is 11.3 Å². The van der Waals surface area contributed by atoms with Crippen LogP contribution in [-0.4, -0.2) is 42.0 Å². The molecule has 144 valence electrons. The summed E-state index contributed by atoms with van der Waals surface area (Å²) in [6, 6.07) is 15.8. The normalized spacial score (nSPS) is 10.8. The first-order chi connectivity index (χ1) is 12.6. The number of nitrogens with zero attached hydrogens (tertiary/aromatic N) is 3. The lowest BCUT2D eigenvalue weighted by Crippen LogP contribution is -2.39. The number of likely N-dealkylation sites (N-methyl/N-ethyl adjacent to an activating group) is 1. The van der Waals surface area contributed by atoms with Gasteiger partial charge in [-0.1, -0.05) is 49.4 Å². The first-order valence-electron chi connectivity index (χ1n) is 8.78. The highest BCUT2D eigenvalue weighted by molar-refractivity contribution is 14.1. The van der Waals surface area contributed by atoms with Crippen LogP contribution in [0.2, 0.25) is 0 Å². The number of aromatic nitrogens is 1. The first-order valence-corrected chi connectivity index (χ1v) is 10.7. The van der Waals surface area contributed by atoms with Gasteiger partial charge in [0.1, 0.15) is 0 Å². The van der Waals surface area contributed by atoms with Crippen LogP contribution in [0.15, 0.2) is 48.5 Å². The van der Waals surface area contributed by atoms with E-state index in [9.17, 15) is 4.79 Å². The highest BCUT2D eigenvalue weighted by Crippen LogP contribution is 2.30. The van der Waals surface area contributed by atoms with Gasteiger partial charge in [0.2, 0.25) is 0 Å². The van der Waals surface area contributed by atoms with Gasteiger partial charge in [-0.3, -0.25) is 9.69 Å². The van der Waals surface area contributed by atoms with Crippen molar-refractivity contribution in [2.45, 2.75) is 13.8 Å². The van der Waals surface area contributed by atoms with Gasteiger partial charge < -0.3 is 4.90 Å². The fourth-order valence-electron chi connectivity index (χ4n) is 2.82. The van der Waals surface area contributed by atoms with Crippen LogP contribution in [0.3, 0.4) is 0 Å². The number of fused-ring (bicyclic) bond motifs is 1. The molecule has 2 aromatic carbocycles. The van der Waals surface area contributed by atoms with Crippen molar-refractivity contribution in [3.8, 4) is 0 Å². The van der Waals surface area contributed by atoms with Gasteiger partial charge in [0.05, 0.1) is 15.8 Å². The molecule has 0 spiro atoms. The van der Waals surface area contributed by atoms with Crippen molar-refractivity contribution in [1.82, 2.24) is 9.88 Å². The summed E-state index contributed by atoms with van der Waals surface area (Å²) in [4.78, 5) is 22.2. The molecule has 0 radical (unpaired) electrons. The van der Waals surface area contributed by atoms with Gasteiger partial charge >= 0.3 is 0 Å². The predicted molar refractivity (Wildman–Crippen MR) is 125 cm³/mol. The minimum atomic E-state index is 0. The van der Waals surface area contributed by atoms with Gasteiger partial charge in [0, 0.05) is 16.7 Å². The Labute approximate surface area is 184 Å². The van der Waals surface area contributed by atoms with Crippen LogP contribution >= 0.6 is 46.3 Å². The maximum absolute atomic E-state index is 13.3. The summed E-state index contributed by atoms with van der Waals surface area (Å²) in [7, 11) is 0. The van der Waals surface area contributed by atoms with Crippen molar-refractivity contribution in [2.75, 3.05) is 31.1 Å². The molecule has 0 N–H and O–H groups in total. The molecule has 1 amide bonds. The number of hydrogen-bond acceptors (Lipinski definition) is 4. The van der Waals surface area contributed by atoms with Crippen molar-refractivity contribution in [2.24, 2.45) is 0 Å². The maximum Gasteiger partial charge on any atom is 0.261 e. The average molecular weight is 516 g/mol. The number of carbonyl (C=O) groups is 1. The average Bonchev–Trinajstić information content (AvgIpc) is 3.09. The number of benzene rings is 2. The third-order valence-corrected chi connectivity index (χ3v) is 6.40. The Kier molecular flexibility index (Phi) is 8.47. The summed E-state index contributed by atoms with van der Waals surface area (Å²) in [5.41, 5.74) is 1.67. The molecule has 0 saturated heterocycles. The van der Waals surface area contributed by atoms with Gasteiger partial charge in [0.25, 0.3) is 5.91 Å². The Morgan fingerprint density at radius 1 is 1.04 bits per heavy atom.